The van der Waals surface area contributed by atoms with Crippen LogP contribution in [0.1, 0.15) is 21.5 Å². The Bertz CT molecular complexity index is 863. The Labute approximate surface area is 163 Å². The summed E-state index contributed by atoms with van der Waals surface area (Å²) in [6.07, 6.45) is 1.42. The molecular weight excluding hydrogens is 362 g/mol. The second kappa shape index (κ2) is 9.96. The SMILES string of the molecule is COc1cc(OC)c(OC)cc1/C=N\NC(=O)CNC(=O)c1ccc(C)cc1. The van der Waals surface area contributed by atoms with Crippen molar-refractivity contribution < 1.29 is 23.8 Å². The van der Waals surface area contributed by atoms with Gasteiger partial charge in [-0.05, 0) is 25.1 Å². The highest BCUT2D eigenvalue weighted by Crippen LogP contribution is 2.33. The molecule has 0 heterocycles. The third kappa shape index (κ3) is 5.47. The Morgan fingerprint density at radius 2 is 1.57 bits per heavy atom. The fraction of sp³-hybridized carbons (Fsp3) is 0.250. The fourth-order valence-electron chi connectivity index (χ4n) is 2.33. The minimum absolute atomic E-state index is 0.201. The first-order valence-corrected chi connectivity index (χ1v) is 8.45. The lowest BCUT2D eigenvalue weighted by Gasteiger charge is -2.11. The van der Waals surface area contributed by atoms with E-state index in [1.54, 1.807) is 24.3 Å². The van der Waals surface area contributed by atoms with E-state index in [-0.39, 0.29) is 12.5 Å². The summed E-state index contributed by atoms with van der Waals surface area (Å²) >= 11 is 0. The van der Waals surface area contributed by atoms with Crippen LogP contribution in [0.25, 0.3) is 0 Å². The molecule has 0 aromatic heterocycles. The van der Waals surface area contributed by atoms with Gasteiger partial charge in [0.25, 0.3) is 11.8 Å². The fourth-order valence-corrected chi connectivity index (χ4v) is 2.33. The summed E-state index contributed by atoms with van der Waals surface area (Å²) in [5, 5.41) is 6.43. The molecule has 8 nitrogen and oxygen atoms in total. The van der Waals surface area contributed by atoms with Gasteiger partial charge >= 0.3 is 0 Å². The predicted octanol–water partition coefficient (Wildman–Crippen LogP) is 1.90. The molecule has 2 N–H and O–H groups in total. The van der Waals surface area contributed by atoms with E-state index in [9.17, 15) is 9.59 Å². The van der Waals surface area contributed by atoms with Gasteiger partial charge in [-0.1, -0.05) is 17.7 Å². The molecule has 0 aliphatic carbocycles. The molecule has 0 saturated heterocycles. The molecule has 0 atom stereocenters. The largest absolute Gasteiger partial charge is 0.496 e. The molecule has 0 aliphatic heterocycles. The number of nitrogens with zero attached hydrogens (tertiary/aromatic N) is 1. The summed E-state index contributed by atoms with van der Waals surface area (Å²) in [6, 6.07) is 10.4. The zero-order valence-corrected chi connectivity index (χ0v) is 16.2. The number of carbonyl (C=O) groups excluding carboxylic acids is 2. The lowest BCUT2D eigenvalue weighted by Crippen LogP contribution is -2.34. The summed E-state index contributed by atoms with van der Waals surface area (Å²) in [4.78, 5) is 23.9. The monoisotopic (exact) mass is 385 g/mol. The van der Waals surface area contributed by atoms with E-state index in [1.165, 1.54) is 27.5 Å². The van der Waals surface area contributed by atoms with E-state index in [1.807, 2.05) is 19.1 Å². The molecule has 8 heteroatoms. The van der Waals surface area contributed by atoms with Gasteiger partial charge in [0, 0.05) is 17.2 Å². The standard InChI is InChI=1S/C20H23N3O5/c1-13-5-7-14(8-6-13)20(25)21-12-19(24)23-22-11-15-9-17(27-3)18(28-4)10-16(15)26-2/h5-11H,12H2,1-4H3,(H,21,25)(H,23,24)/b22-11-. The number of rotatable bonds is 8. The molecule has 2 amide bonds. The molecule has 0 bridgehead atoms. The average Bonchev–Trinajstić information content (AvgIpc) is 2.72. The van der Waals surface area contributed by atoms with E-state index >= 15 is 0 Å². The first-order valence-electron chi connectivity index (χ1n) is 8.45. The number of aryl methyl sites for hydroxylation is 1. The van der Waals surface area contributed by atoms with Crippen LogP contribution < -0.4 is 25.0 Å². The Balaban J connectivity index is 1.94. The number of hydrogen-bond donors (Lipinski definition) is 2. The van der Waals surface area contributed by atoms with Crippen molar-refractivity contribution in [2.45, 2.75) is 6.92 Å². The van der Waals surface area contributed by atoms with Crippen LogP contribution in [0.2, 0.25) is 0 Å². The van der Waals surface area contributed by atoms with Crippen LogP contribution in [0.5, 0.6) is 17.2 Å². The molecule has 0 fully saturated rings. The molecule has 0 radical (unpaired) electrons. The van der Waals surface area contributed by atoms with Crippen LogP contribution in [-0.2, 0) is 4.79 Å². The number of hydrogen-bond acceptors (Lipinski definition) is 6. The Hall–Kier alpha value is -3.55. The van der Waals surface area contributed by atoms with Crippen LogP contribution in [0, 0.1) is 6.92 Å². The average molecular weight is 385 g/mol. The van der Waals surface area contributed by atoms with Gasteiger partial charge in [-0.25, -0.2) is 5.43 Å². The number of amides is 2. The van der Waals surface area contributed by atoms with Crippen molar-refractivity contribution in [1.82, 2.24) is 10.7 Å². The van der Waals surface area contributed by atoms with Crippen molar-refractivity contribution in [3.8, 4) is 17.2 Å². The molecule has 28 heavy (non-hydrogen) atoms. The number of benzene rings is 2. The molecule has 2 rings (SSSR count). The minimum atomic E-state index is -0.462. The molecule has 148 valence electrons. The Kier molecular flexibility index (Phi) is 7.38. The van der Waals surface area contributed by atoms with Crippen molar-refractivity contribution in [1.29, 1.82) is 0 Å². The van der Waals surface area contributed by atoms with Crippen molar-refractivity contribution in [3.63, 3.8) is 0 Å². The molecule has 0 unspecified atom stereocenters. The molecule has 0 spiro atoms. The summed E-state index contributed by atoms with van der Waals surface area (Å²) < 4.78 is 15.7. The normalized spacial score (nSPS) is 10.4. The van der Waals surface area contributed by atoms with Crippen LogP contribution in [0.4, 0.5) is 0 Å². The highest BCUT2D eigenvalue weighted by molar-refractivity contribution is 5.96. The second-order valence-corrected chi connectivity index (χ2v) is 5.79. The maximum atomic E-state index is 12.0. The molecule has 0 aliphatic rings. The summed E-state index contributed by atoms with van der Waals surface area (Å²) in [6.45, 7) is 1.73. The smallest absolute Gasteiger partial charge is 0.259 e. The zero-order valence-electron chi connectivity index (χ0n) is 16.2. The zero-order chi connectivity index (χ0) is 20.5. The van der Waals surface area contributed by atoms with Crippen LogP contribution in [-0.4, -0.2) is 45.9 Å². The number of ether oxygens (including phenoxy) is 3. The van der Waals surface area contributed by atoms with E-state index in [0.717, 1.165) is 5.56 Å². The van der Waals surface area contributed by atoms with Crippen LogP contribution in [0.15, 0.2) is 41.5 Å². The van der Waals surface area contributed by atoms with Crippen molar-refractivity contribution in [2.24, 2.45) is 5.10 Å². The van der Waals surface area contributed by atoms with Gasteiger partial charge in [-0.15, -0.1) is 0 Å². The number of nitrogens with one attached hydrogen (secondary N) is 2. The third-order valence-corrected chi connectivity index (χ3v) is 3.85. The Morgan fingerprint density at radius 1 is 0.964 bits per heavy atom. The van der Waals surface area contributed by atoms with Crippen molar-refractivity contribution >= 4 is 18.0 Å². The highest BCUT2D eigenvalue weighted by atomic mass is 16.5. The molecule has 2 aromatic rings. The maximum Gasteiger partial charge on any atom is 0.259 e. The van der Waals surface area contributed by atoms with Crippen LogP contribution in [0.3, 0.4) is 0 Å². The highest BCUT2D eigenvalue weighted by Gasteiger charge is 2.11. The number of methoxy groups -OCH3 is 3. The van der Waals surface area contributed by atoms with E-state index in [2.05, 4.69) is 15.8 Å². The van der Waals surface area contributed by atoms with Gasteiger partial charge in [0.2, 0.25) is 0 Å². The van der Waals surface area contributed by atoms with Crippen LogP contribution >= 0.6 is 0 Å². The number of hydrazone groups is 1. The third-order valence-electron chi connectivity index (χ3n) is 3.85. The van der Waals surface area contributed by atoms with Gasteiger partial charge in [0.05, 0.1) is 34.1 Å². The summed E-state index contributed by atoms with van der Waals surface area (Å²) in [5.41, 5.74) is 4.47. The van der Waals surface area contributed by atoms with Gasteiger partial charge in [0.1, 0.15) is 5.75 Å². The summed E-state index contributed by atoms with van der Waals surface area (Å²) in [7, 11) is 4.55. The van der Waals surface area contributed by atoms with Gasteiger partial charge in [-0.3, -0.25) is 9.59 Å². The quantitative estimate of drug-likeness (QED) is 0.534. The van der Waals surface area contributed by atoms with E-state index < -0.39 is 5.91 Å². The predicted molar refractivity (Wildman–Crippen MR) is 105 cm³/mol. The van der Waals surface area contributed by atoms with E-state index in [0.29, 0.717) is 28.4 Å². The second-order valence-electron chi connectivity index (χ2n) is 5.79. The topological polar surface area (TPSA) is 98.2 Å². The molecular formula is C20H23N3O5. The van der Waals surface area contributed by atoms with E-state index in [4.69, 9.17) is 14.2 Å². The lowest BCUT2D eigenvalue weighted by atomic mass is 10.1. The van der Waals surface area contributed by atoms with Crippen molar-refractivity contribution in [3.05, 3.63) is 53.1 Å². The lowest BCUT2D eigenvalue weighted by molar-refractivity contribution is -0.120. The van der Waals surface area contributed by atoms with Gasteiger partial charge in [-0.2, -0.15) is 5.10 Å². The van der Waals surface area contributed by atoms with Gasteiger partial charge in [0.15, 0.2) is 11.5 Å². The molecule has 0 saturated carbocycles. The first-order chi connectivity index (χ1) is 13.5. The molecule has 2 aromatic carbocycles. The summed E-state index contributed by atoms with van der Waals surface area (Å²) in [5.74, 6) is 0.723. The minimum Gasteiger partial charge on any atom is -0.496 e. The number of carbonyl (C=O) groups is 2. The first kappa shape index (κ1) is 20.8. The maximum absolute atomic E-state index is 12.0. The Morgan fingerprint density at radius 3 is 2.18 bits per heavy atom. The van der Waals surface area contributed by atoms with Crippen molar-refractivity contribution in [2.75, 3.05) is 27.9 Å². The van der Waals surface area contributed by atoms with Gasteiger partial charge < -0.3 is 19.5 Å².